The van der Waals surface area contributed by atoms with Gasteiger partial charge in [-0.2, -0.15) is 0 Å². The third-order valence-electron chi connectivity index (χ3n) is 4.06. The molecule has 2 aromatic carbocycles. The van der Waals surface area contributed by atoms with Gasteiger partial charge in [0.1, 0.15) is 12.4 Å². The quantitative estimate of drug-likeness (QED) is 0.643. The number of esters is 1. The van der Waals surface area contributed by atoms with Crippen molar-refractivity contribution in [2.45, 2.75) is 38.2 Å². The van der Waals surface area contributed by atoms with Crippen LogP contribution in [0.15, 0.2) is 47.4 Å². The van der Waals surface area contributed by atoms with E-state index in [9.17, 15) is 17.6 Å². The van der Waals surface area contributed by atoms with Crippen LogP contribution in [0.25, 0.3) is 0 Å². The number of nitrogens with zero attached hydrogens (tertiary/aromatic N) is 1. The predicted octanol–water partition coefficient (Wildman–Crippen LogP) is 3.59. The van der Waals surface area contributed by atoms with Crippen molar-refractivity contribution in [3.05, 3.63) is 65.0 Å². The number of carbonyl (C=O) groups excluding carboxylic acids is 1. The van der Waals surface area contributed by atoms with E-state index in [2.05, 4.69) is 0 Å². The van der Waals surface area contributed by atoms with Crippen molar-refractivity contribution in [2.75, 3.05) is 13.6 Å². The molecule has 0 heterocycles. The molecule has 0 aliphatic carbocycles. The van der Waals surface area contributed by atoms with Crippen LogP contribution >= 0.6 is 0 Å². The van der Waals surface area contributed by atoms with Gasteiger partial charge in [-0.1, -0.05) is 29.3 Å². The van der Waals surface area contributed by atoms with Gasteiger partial charge in [0.05, 0.1) is 4.90 Å². The Bertz CT molecular complexity index is 874. The third kappa shape index (κ3) is 6.15. The van der Waals surface area contributed by atoms with Gasteiger partial charge in [0, 0.05) is 20.0 Å². The number of sulfonamides is 1. The number of halogens is 1. The van der Waals surface area contributed by atoms with Crippen molar-refractivity contribution in [1.82, 2.24) is 4.31 Å². The Morgan fingerprint density at radius 2 is 1.67 bits per heavy atom. The first-order chi connectivity index (χ1) is 12.7. The van der Waals surface area contributed by atoms with Gasteiger partial charge >= 0.3 is 5.97 Å². The van der Waals surface area contributed by atoms with Crippen molar-refractivity contribution in [3.63, 3.8) is 0 Å². The Morgan fingerprint density at radius 1 is 1.07 bits per heavy atom. The molecule has 27 heavy (non-hydrogen) atoms. The fourth-order valence-electron chi connectivity index (χ4n) is 2.74. The van der Waals surface area contributed by atoms with E-state index in [0.29, 0.717) is 6.42 Å². The molecule has 0 radical (unpaired) electrons. The van der Waals surface area contributed by atoms with Crippen molar-refractivity contribution in [1.29, 1.82) is 0 Å². The zero-order chi connectivity index (χ0) is 20.0. The predicted molar refractivity (Wildman–Crippen MR) is 101 cm³/mol. The normalized spacial score (nSPS) is 11.6. The molecule has 0 fully saturated rings. The van der Waals surface area contributed by atoms with Gasteiger partial charge in [0.25, 0.3) is 0 Å². The van der Waals surface area contributed by atoms with Gasteiger partial charge < -0.3 is 4.74 Å². The Kier molecular flexibility index (Phi) is 7.10. The molecule has 0 unspecified atom stereocenters. The minimum Gasteiger partial charge on any atom is -0.461 e. The van der Waals surface area contributed by atoms with Crippen LogP contribution in [0, 0.1) is 19.7 Å². The van der Waals surface area contributed by atoms with E-state index in [1.165, 1.54) is 19.2 Å². The second-order valence-electron chi connectivity index (χ2n) is 6.54. The molecule has 2 rings (SSSR count). The van der Waals surface area contributed by atoms with E-state index in [1.54, 1.807) is 0 Å². The highest BCUT2D eigenvalue weighted by Crippen LogP contribution is 2.15. The Labute approximate surface area is 159 Å². The van der Waals surface area contributed by atoms with Crippen LogP contribution < -0.4 is 0 Å². The van der Waals surface area contributed by atoms with Crippen molar-refractivity contribution < 1.29 is 22.3 Å². The summed E-state index contributed by atoms with van der Waals surface area (Å²) in [5.41, 5.74) is 3.14. The lowest BCUT2D eigenvalue weighted by atomic mass is 10.1. The lowest BCUT2D eigenvalue weighted by Crippen LogP contribution is -2.28. The number of rotatable bonds is 8. The molecule has 5 nitrogen and oxygen atoms in total. The molecule has 0 bridgehead atoms. The molecule has 0 saturated heterocycles. The molecule has 0 spiro atoms. The van der Waals surface area contributed by atoms with Crippen LogP contribution in [-0.4, -0.2) is 32.3 Å². The maximum atomic E-state index is 12.9. The van der Waals surface area contributed by atoms with E-state index in [-0.39, 0.29) is 30.4 Å². The average molecular weight is 393 g/mol. The summed E-state index contributed by atoms with van der Waals surface area (Å²) in [7, 11) is -2.27. The highest BCUT2D eigenvalue weighted by atomic mass is 32.2. The Balaban J connectivity index is 1.80. The average Bonchev–Trinajstić information content (AvgIpc) is 2.59. The molecule has 0 N–H and O–H groups in total. The number of ether oxygens (including phenoxy) is 1. The smallest absolute Gasteiger partial charge is 0.306 e. The van der Waals surface area contributed by atoms with Crippen LogP contribution in [-0.2, 0) is 26.2 Å². The summed E-state index contributed by atoms with van der Waals surface area (Å²) in [6.45, 7) is 4.33. The number of hydrogen-bond acceptors (Lipinski definition) is 4. The van der Waals surface area contributed by atoms with E-state index in [0.717, 1.165) is 33.1 Å². The summed E-state index contributed by atoms with van der Waals surface area (Å²) >= 11 is 0. The van der Waals surface area contributed by atoms with Crippen LogP contribution in [0.1, 0.15) is 29.5 Å². The van der Waals surface area contributed by atoms with E-state index in [4.69, 9.17) is 4.74 Å². The van der Waals surface area contributed by atoms with Gasteiger partial charge in [0.15, 0.2) is 0 Å². The lowest BCUT2D eigenvalue weighted by Gasteiger charge is -2.17. The van der Waals surface area contributed by atoms with Crippen LogP contribution in [0.3, 0.4) is 0 Å². The maximum Gasteiger partial charge on any atom is 0.306 e. The zero-order valence-corrected chi connectivity index (χ0v) is 16.6. The van der Waals surface area contributed by atoms with Gasteiger partial charge in [-0.15, -0.1) is 0 Å². The molecular weight excluding hydrogens is 369 g/mol. The number of aryl methyl sites for hydroxylation is 2. The molecular formula is C20H24FNO4S. The fourth-order valence-corrected chi connectivity index (χ4v) is 3.95. The molecule has 2 aromatic rings. The highest BCUT2D eigenvalue weighted by molar-refractivity contribution is 7.89. The Morgan fingerprint density at radius 3 is 2.26 bits per heavy atom. The fraction of sp³-hybridized carbons (Fsp3) is 0.350. The van der Waals surface area contributed by atoms with Crippen LogP contribution in [0.4, 0.5) is 4.39 Å². The summed E-state index contributed by atoms with van der Waals surface area (Å²) in [5.74, 6) is -0.870. The summed E-state index contributed by atoms with van der Waals surface area (Å²) < 4.78 is 44.1. The van der Waals surface area contributed by atoms with Gasteiger partial charge in [-0.25, -0.2) is 17.1 Å². The molecule has 0 amide bonds. The largest absolute Gasteiger partial charge is 0.461 e. The van der Waals surface area contributed by atoms with Crippen molar-refractivity contribution in [2.24, 2.45) is 0 Å². The minimum absolute atomic E-state index is 0.0174. The zero-order valence-electron chi connectivity index (χ0n) is 15.7. The number of hydrogen-bond donors (Lipinski definition) is 0. The number of carbonyl (C=O) groups is 1. The summed E-state index contributed by atoms with van der Waals surface area (Å²) in [5, 5.41) is 0. The summed E-state index contributed by atoms with van der Waals surface area (Å²) in [4.78, 5) is 11.9. The third-order valence-corrected chi connectivity index (χ3v) is 5.93. The van der Waals surface area contributed by atoms with Crippen LogP contribution in [0.5, 0.6) is 0 Å². The minimum atomic E-state index is -3.70. The first-order valence-corrected chi connectivity index (χ1v) is 10.1. The summed E-state index contributed by atoms with van der Waals surface area (Å²) in [6.07, 6.45) is 0.455. The molecule has 7 heteroatoms. The molecule has 0 aromatic heterocycles. The van der Waals surface area contributed by atoms with Crippen molar-refractivity contribution in [3.8, 4) is 0 Å². The first-order valence-electron chi connectivity index (χ1n) is 8.63. The SMILES string of the molecule is Cc1cc(C)cc(COC(=O)CCCN(C)S(=O)(=O)c2ccc(F)cc2)c1. The first kappa shape index (κ1) is 21.1. The molecule has 0 saturated carbocycles. The van der Waals surface area contributed by atoms with E-state index in [1.807, 2.05) is 32.0 Å². The van der Waals surface area contributed by atoms with E-state index >= 15 is 0 Å². The second kappa shape index (κ2) is 9.10. The maximum absolute atomic E-state index is 12.9. The van der Waals surface area contributed by atoms with Gasteiger partial charge in [0.2, 0.25) is 10.0 Å². The van der Waals surface area contributed by atoms with Gasteiger partial charge in [-0.05, 0) is 50.1 Å². The second-order valence-corrected chi connectivity index (χ2v) is 8.59. The van der Waals surface area contributed by atoms with Crippen molar-refractivity contribution >= 4 is 16.0 Å². The van der Waals surface area contributed by atoms with Gasteiger partial charge in [-0.3, -0.25) is 4.79 Å². The van der Waals surface area contributed by atoms with Crippen LogP contribution in [0.2, 0.25) is 0 Å². The molecule has 0 aliphatic heterocycles. The topological polar surface area (TPSA) is 63.7 Å². The Hall–Kier alpha value is -2.25. The molecule has 0 atom stereocenters. The lowest BCUT2D eigenvalue weighted by molar-refractivity contribution is -0.145. The molecule has 0 aliphatic rings. The summed E-state index contributed by atoms with van der Waals surface area (Å²) in [6, 6.07) is 10.6. The van der Waals surface area contributed by atoms with E-state index < -0.39 is 15.8 Å². The number of benzene rings is 2. The highest BCUT2D eigenvalue weighted by Gasteiger charge is 2.20. The monoisotopic (exact) mass is 393 g/mol. The standard InChI is InChI=1S/C20H24FNO4S/c1-15-11-16(2)13-17(12-15)14-26-20(23)5-4-10-22(3)27(24,25)19-8-6-18(21)7-9-19/h6-9,11-13H,4-5,10,14H2,1-3H3. The molecule has 146 valence electrons.